The van der Waals surface area contributed by atoms with Gasteiger partial charge in [-0.2, -0.15) is 4.98 Å². The van der Waals surface area contributed by atoms with Crippen LogP contribution in [0.25, 0.3) is 11.2 Å². The van der Waals surface area contributed by atoms with Gasteiger partial charge in [-0.15, -0.1) is 0 Å². The van der Waals surface area contributed by atoms with Crippen LogP contribution in [0.2, 0.25) is 0 Å². The highest BCUT2D eigenvalue weighted by atomic mass is 16.5. The largest absolute Gasteiger partial charge is 0.481 e. The average Bonchev–Trinajstić information content (AvgIpc) is 2.66. The Morgan fingerprint density at radius 3 is 2.58 bits per heavy atom. The van der Waals surface area contributed by atoms with Gasteiger partial charge in [-0.05, 0) is 6.07 Å². The predicted octanol–water partition coefficient (Wildman–Crippen LogP) is 1.82. The summed E-state index contributed by atoms with van der Waals surface area (Å²) in [5.41, 5.74) is 0.947. The molecule has 1 N–H and O–H groups in total. The second-order valence-electron chi connectivity index (χ2n) is 5.36. The van der Waals surface area contributed by atoms with E-state index >= 15 is 0 Å². The molecule has 0 aromatic carbocycles. The fourth-order valence-electron chi connectivity index (χ4n) is 1.96. The third-order valence-electron chi connectivity index (χ3n) is 2.74. The maximum Gasteiger partial charge on any atom is 0.323 e. The molecule has 0 bridgehead atoms. The second kappa shape index (κ2) is 4.53. The number of hydrogen-bond acceptors (Lipinski definition) is 4. The third-order valence-corrected chi connectivity index (χ3v) is 2.74. The van der Waals surface area contributed by atoms with E-state index in [1.54, 1.807) is 16.7 Å². The van der Waals surface area contributed by atoms with E-state index in [4.69, 9.17) is 9.84 Å². The Hall–Kier alpha value is -2.11. The number of aliphatic carboxylic acids is 1. The van der Waals surface area contributed by atoms with Crippen molar-refractivity contribution in [2.45, 2.75) is 32.7 Å². The molecule has 102 valence electrons. The van der Waals surface area contributed by atoms with Gasteiger partial charge in [0.15, 0.2) is 5.65 Å². The molecular weight excluding hydrogens is 246 g/mol. The van der Waals surface area contributed by atoms with Crippen LogP contribution in [0.15, 0.2) is 12.1 Å². The van der Waals surface area contributed by atoms with Crippen LogP contribution in [-0.4, -0.2) is 32.7 Å². The number of nitrogens with zero attached hydrogens (tertiary/aromatic N) is 3. The summed E-state index contributed by atoms with van der Waals surface area (Å²) in [7, 11) is 1.52. The fourth-order valence-corrected chi connectivity index (χ4v) is 1.96. The third kappa shape index (κ3) is 2.52. The van der Waals surface area contributed by atoms with Crippen LogP contribution in [-0.2, 0) is 16.8 Å². The summed E-state index contributed by atoms with van der Waals surface area (Å²) < 4.78 is 6.70. The molecule has 0 saturated heterocycles. The molecular formula is C13H17N3O3. The van der Waals surface area contributed by atoms with Crippen molar-refractivity contribution in [1.29, 1.82) is 0 Å². The highest BCUT2D eigenvalue weighted by molar-refractivity contribution is 5.76. The molecule has 0 unspecified atom stereocenters. The first kappa shape index (κ1) is 13.3. The monoisotopic (exact) mass is 263 g/mol. The number of hydrogen-bond donors (Lipinski definition) is 1. The summed E-state index contributed by atoms with van der Waals surface area (Å²) in [5, 5.41) is 9.05. The molecule has 0 fully saturated rings. The van der Waals surface area contributed by atoms with Crippen LogP contribution < -0.4 is 4.74 Å². The standard InChI is InChI=1S/C13H17N3O3/c1-13(2,3)12-14-8-5-6-9(19-4)15-11(8)16(12)7-10(17)18/h5-6H,7H2,1-4H3,(H,17,18). The minimum atomic E-state index is -0.922. The van der Waals surface area contributed by atoms with E-state index in [1.807, 2.05) is 20.8 Å². The summed E-state index contributed by atoms with van der Waals surface area (Å²) in [4.78, 5) is 19.8. The van der Waals surface area contributed by atoms with Crippen molar-refractivity contribution in [3.8, 4) is 5.88 Å². The summed E-state index contributed by atoms with van der Waals surface area (Å²) in [5.74, 6) is 0.222. The number of carboxylic acid groups (broad SMARTS) is 1. The van der Waals surface area contributed by atoms with Gasteiger partial charge in [0, 0.05) is 11.5 Å². The van der Waals surface area contributed by atoms with Gasteiger partial charge < -0.3 is 14.4 Å². The van der Waals surface area contributed by atoms with E-state index in [1.165, 1.54) is 7.11 Å². The Labute approximate surface area is 111 Å². The smallest absolute Gasteiger partial charge is 0.323 e. The van der Waals surface area contributed by atoms with Gasteiger partial charge >= 0.3 is 5.97 Å². The van der Waals surface area contributed by atoms with Gasteiger partial charge in [-0.1, -0.05) is 20.8 Å². The van der Waals surface area contributed by atoms with E-state index in [9.17, 15) is 4.79 Å². The van der Waals surface area contributed by atoms with Crippen molar-refractivity contribution in [3.05, 3.63) is 18.0 Å². The molecule has 0 radical (unpaired) electrons. The van der Waals surface area contributed by atoms with E-state index < -0.39 is 5.97 Å². The minimum absolute atomic E-state index is 0.163. The number of imidazole rings is 1. The molecule has 0 saturated carbocycles. The zero-order chi connectivity index (χ0) is 14.2. The maximum absolute atomic E-state index is 11.0. The highest BCUT2D eigenvalue weighted by Crippen LogP contribution is 2.26. The van der Waals surface area contributed by atoms with Gasteiger partial charge in [0.25, 0.3) is 0 Å². The Kier molecular flexibility index (Phi) is 3.18. The van der Waals surface area contributed by atoms with Crippen LogP contribution in [0.3, 0.4) is 0 Å². The van der Waals surface area contributed by atoms with Gasteiger partial charge in [0.1, 0.15) is 17.9 Å². The number of carboxylic acids is 1. The quantitative estimate of drug-likeness (QED) is 0.914. The zero-order valence-electron chi connectivity index (χ0n) is 11.5. The van der Waals surface area contributed by atoms with E-state index in [-0.39, 0.29) is 12.0 Å². The first-order chi connectivity index (χ1) is 8.82. The maximum atomic E-state index is 11.0. The van der Waals surface area contributed by atoms with Crippen molar-refractivity contribution in [2.75, 3.05) is 7.11 Å². The second-order valence-corrected chi connectivity index (χ2v) is 5.36. The first-order valence-electron chi connectivity index (χ1n) is 5.96. The molecule has 0 atom stereocenters. The van der Waals surface area contributed by atoms with Crippen LogP contribution in [0.5, 0.6) is 5.88 Å². The van der Waals surface area contributed by atoms with Gasteiger partial charge in [-0.3, -0.25) is 4.79 Å². The summed E-state index contributed by atoms with van der Waals surface area (Å²) in [6, 6.07) is 3.50. The van der Waals surface area contributed by atoms with Crippen LogP contribution in [0.4, 0.5) is 0 Å². The molecule has 2 aromatic heterocycles. The molecule has 2 aromatic rings. The molecule has 6 heteroatoms. The molecule has 0 spiro atoms. The normalized spacial score (nSPS) is 11.8. The van der Waals surface area contributed by atoms with Crippen molar-refractivity contribution in [1.82, 2.24) is 14.5 Å². The Balaban J connectivity index is 2.71. The Bertz CT molecular complexity index is 626. The van der Waals surface area contributed by atoms with Gasteiger partial charge in [-0.25, -0.2) is 4.98 Å². The van der Waals surface area contributed by atoms with Gasteiger partial charge in [0.05, 0.1) is 7.11 Å². The molecule has 0 aliphatic rings. The van der Waals surface area contributed by atoms with E-state index in [0.29, 0.717) is 22.9 Å². The molecule has 19 heavy (non-hydrogen) atoms. The van der Waals surface area contributed by atoms with Crippen molar-refractivity contribution >= 4 is 17.1 Å². The Morgan fingerprint density at radius 2 is 2.05 bits per heavy atom. The number of carbonyl (C=O) groups is 1. The van der Waals surface area contributed by atoms with Crippen molar-refractivity contribution in [2.24, 2.45) is 0 Å². The predicted molar refractivity (Wildman–Crippen MR) is 70.4 cm³/mol. The summed E-state index contributed by atoms with van der Waals surface area (Å²) in [6.07, 6.45) is 0. The van der Waals surface area contributed by atoms with Crippen molar-refractivity contribution in [3.63, 3.8) is 0 Å². The van der Waals surface area contributed by atoms with Crippen LogP contribution in [0, 0.1) is 0 Å². The van der Waals surface area contributed by atoms with E-state index in [2.05, 4.69) is 9.97 Å². The topological polar surface area (TPSA) is 77.2 Å². The van der Waals surface area contributed by atoms with Crippen LogP contribution >= 0.6 is 0 Å². The van der Waals surface area contributed by atoms with E-state index in [0.717, 1.165) is 0 Å². The molecule has 2 heterocycles. The lowest BCUT2D eigenvalue weighted by molar-refractivity contribution is -0.137. The number of ether oxygens (including phenoxy) is 1. The minimum Gasteiger partial charge on any atom is -0.481 e. The highest BCUT2D eigenvalue weighted by Gasteiger charge is 2.24. The number of aromatic nitrogens is 3. The summed E-state index contributed by atoms with van der Waals surface area (Å²) in [6.45, 7) is 5.81. The SMILES string of the molecule is COc1ccc2nc(C(C)(C)C)n(CC(=O)O)c2n1. The lowest BCUT2D eigenvalue weighted by Crippen LogP contribution is -2.22. The Morgan fingerprint density at radius 1 is 1.37 bits per heavy atom. The molecule has 0 aliphatic carbocycles. The van der Waals surface area contributed by atoms with Crippen LogP contribution in [0.1, 0.15) is 26.6 Å². The summed E-state index contributed by atoms with van der Waals surface area (Å²) >= 11 is 0. The molecule has 2 rings (SSSR count). The average molecular weight is 263 g/mol. The first-order valence-corrected chi connectivity index (χ1v) is 5.96. The number of methoxy groups -OCH3 is 1. The lowest BCUT2D eigenvalue weighted by atomic mass is 9.96. The molecule has 0 amide bonds. The number of pyridine rings is 1. The van der Waals surface area contributed by atoms with Crippen molar-refractivity contribution < 1.29 is 14.6 Å². The molecule has 6 nitrogen and oxygen atoms in total. The molecule has 0 aliphatic heterocycles. The fraction of sp³-hybridized carbons (Fsp3) is 0.462. The lowest BCUT2D eigenvalue weighted by Gasteiger charge is -2.18. The number of rotatable bonds is 3. The van der Waals surface area contributed by atoms with Gasteiger partial charge in [0.2, 0.25) is 5.88 Å². The number of fused-ring (bicyclic) bond motifs is 1. The zero-order valence-corrected chi connectivity index (χ0v) is 11.5.